The summed E-state index contributed by atoms with van der Waals surface area (Å²) in [5.74, 6) is 0.0886. The molecule has 0 atom stereocenters. The molecule has 1 amide bonds. The van der Waals surface area contributed by atoms with E-state index in [1.54, 1.807) is 25.3 Å². The highest BCUT2D eigenvalue weighted by molar-refractivity contribution is 6.31. The van der Waals surface area contributed by atoms with Crippen LogP contribution in [0.25, 0.3) is 0 Å². The minimum Gasteiger partial charge on any atom is -0.383 e. The Morgan fingerprint density at radius 1 is 1.26 bits per heavy atom. The van der Waals surface area contributed by atoms with Crippen LogP contribution in [0.4, 0.5) is 11.6 Å². The summed E-state index contributed by atoms with van der Waals surface area (Å²) in [7, 11) is 1.62. The van der Waals surface area contributed by atoms with Crippen molar-refractivity contribution in [1.82, 2.24) is 9.97 Å². The van der Waals surface area contributed by atoms with Gasteiger partial charge in [0.1, 0.15) is 5.69 Å². The Balaban J connectivity index is 2.16. The monoisotopic (exact) mass is 334 g/mol. The topological polar surface area (TPSA) is 76.1 Å². The first-order chi connectivity index (χ1) is 11.0. The van der Waals surface area contributed by atoms with Gasteiger partial charge in [0.25, 0.3) is 5.91 Å². The SMILES string of the molecule is COCCNc1nc(C)cc(C(=O)Nc2cc(Cl)ccc2C)n1. The molecule has 0 radical (unpaired) electrons. The van der Waals surface area contributed by atoms with Crippen LogP contribution in [-0.2, 0) is 4.74 Å². The normalized spacial score (nSPS) is 10.4. The van der Waals surface area contributed by atoms with Crippen LogP contribution in [0.5, 0.6) is 0 Å². The van der Waals surface area contributed by atoms with Gasteiger partial charge in [-0.2, -0.15) is 0 Å². The lowest BCUT2D eigenvalue weighted by atomic mass is 10.2. The Hall–Kier alpha value is -2.18. The van der Waals surface area contributed by atoms with Crippen molar-refractivity contribution < 1.29 is 9.53 Å². The smallest absolute Gasteiger partial charge is 0.274 e. The van der Waals surface area contributed by atoms with E-state index >= 15 is 0 Å². The molecule has 0 fully saturated rings. The molecule has 1 aromatic carbocycles. The zero-order valence-corrected chi connectivity index (χ0v) is 14.1. The van der Waals surface area contributed by atoms with Crippen LogP contribution in [-0.4, -0.2) is 36.1 Å². The molecule has 2 rings (SSSR count). The molecule has 0 bridgehead atoms. The van der Waals surface area contributed by atoms with Crippen LogP contribution in [0.1, 0.15) is 21.7 Å². The van der Waals surface area contributed by atoms with E-state index in [9.17, 15) is 4.79 Å². The maximum Gasteiger partial charge on any atom is 0.274 e. The molecule has 0 saturated carbocycles. The molecular weight excluding hydrogens is 316 g/mol. The van der Waals surface area contributed by atoms with Crippen LogP contribution in [0.2, 0.25) is 5.02 Å². The minimum atomic E-state index is -0.310. The summed E-state index contributed by atoms with van der Waals surface area (Å²) in [5.41, 5.74) is 2.57. The maximum absolute atomic E-state index is 12.4. The summed E-state index contributed by atoms with van der Waals surface area (Å²) < 4.78 is 4.97. The van der Waals surface area contributed by atoms with Gasteiger partial charge in [0.05, 0.1) is 6.61 Å². The van der Waals surface area contributed by atoms with E-state index in [2.05, 4.69) is 20.6 Å². The first-order valence-electron chi connectivity index (χ1n) is 7.15. The number of carbonyl (C=O) groups is 1. The number of benzene rings is 1. The Morgan fingerprint density at radius 2 is 2.04 bits per heavy atom. The Bertz CT molecular complexity index is 706. The van der Waals surface area contributed by atoms with Crippen LogP contribution >= 0.6 is 11.6 Å². The largest absolute Gasteiger partial charge is 0.383 e. The zero-order valence-electron chi connectivity index (χ0n) is 13.3. The molecule has 0 aliphatic carbocycles. The van der Waals surface area contributed by atoms with Crippen LogP contribution < -0.4 is 10.6 Å². The lowest BCUT2D eigenvalue weighted by Gasteiger charge is -2.10. The molecule has 2 N–H and O–H groups in total. The highest BCUT2D eigenvalue weighted by Gasteiger charge is 2.12. The van der Waals surface area contributed by atoms with Crippen molar-refractivity contribution in [3.8, 4) is 0 Å². The average molecular weight is 335 g/mol. The van der Waals surface area contributed by atoms with E-state index in [0.717, 1.165) is 5.56 Å². The second kappa shape index (κ2) is 7.89. The van der Waals surface area contributed by atoms with E-state index in [4.69, 9.17) is 16.3 Å². The number of nitrogens with one attached hydrogen (secondary N) is 2. The lowest BCUT2D eigenvalue weighted by Crippen LogP contribution is -2.17. The van der Waals surface area contributed by atoms with Crippen molar-refractivity contribution in [2.45, 2.75) is 13.8 Å². The number of anilines is 2. The van der Waals surface area contributed by atoms with Gasteiger partial charge >= 0.3 is 0 Å². The second-order valence-corrected chi connectivity index (χ2v) is 5.49. The van der Waals surface area contributed by atoms with E-state index in [1.165, 1.54) is 0 Å². The fourth-order valence-electron chi connectivity index (χ4n) is 1.94. The molecule has 2 aromatic rings. The predicted molar refractivity (Wildman–Crippen MR) is 91.3 cm³/mol. The van der Waals surface area contributed by atoms with Gasteiger partial charge in [-0.05, 0) is 37.6 Å². The molecule has 1 heterocycles. The number of rotatable bonds is 6. The number of amides is 1. The third-order valence-electron chi connectivity index (χ3n) is 3.12. The third kappa shape index (κ3) is 4.91. The molecule has 0 aliphatic heterocycles. The van der Waals surface area contributed by atoms with Crippen molar-refractivity contribution in [3.63, 3.8) is 0 Å². The summed E-state index contributed by atoms with van der Waals surface area (Å²) in [6.07, 6.45) is 0. The first kappa shape index (κ1) is 17.2. The van der Waals surface area contributed by atoms with Gasteiger partial charge in [-0.3, -0.25) is 4.79 Å². The van der Waals surface area contributed by atoms with Crippen molar-refractivity contribution in [2.75, 3.05) is 30.9 Å². The highest BCUT2D eigenvalue weighted by Crippen LogP contribution is 2.20. The Labute approximate surface area is 140 Å². The van der Waals surface area contributed by atoms with Gasteiger partial charge in [0.2, 0.25) is 5.95 Å². The molecule has 7 heteroatoms. The third-order valence-corrected chi connectivity index (χ3v) is 3.36. The van der Waals surface area contributed by atoms with Crippen LogP contribution in [0.15, 0.2) is 24.3 Å². The van der Waals surface area contributed by atoms with Crippen molar-refractivity contribution in [3.05, 3.63) is 46.2 Å². The van der Waals surface area contributed by atoms with Crippen molar-refractivity contribution in [1.29, 1.82) is 0 Å². The van der Waals surface area contributed by atoms with E-state index in [-0.39, 0.29) is 11.6 Å². The van der Waals surface area contributed by atoms with Crippen molar-refractivity contribution in [2.24, 2.45) is 0 Å². The molecule has 6 nitrogen and oxygen atoms in total. The quantitative estimate of drug-likeness (QED) is 0.794. The van der Waals surface area contributed by atoms with Gasteiger partial charge in [0, 0.05) is 30.1 Å². The van der Waals surface area contributed by atoms with Gasteiger partial charge < -0.3 is 15.4 Å². The molecule has 0 unspecified atom stereocenters. The van der Waals surface area contributed by atoms with Gasteiger partial charge in [-0.15, -0.1) is 0 Å². The number of hydrogen-bond donors (Lipinski definition) is 2. The Kier molecular flexibility index (Phi) is 5.90. The first-order valence-corrected chi connectivity index (χ1v) is 7.53. The number of carbonyl (C=O) groups excluding carboxylic acids is 1. The molecule has 0 aliphatic rings. The van der Waals surface area contributed by atoms with Gasteiger partial charge in [-0.25, -0.2) is 9.97 Å². The van der Waals surface area contributed by atoms with Crippen LogP contribution in [0, 0.1) is 13.8 Å². The molecule has 0 spiro atoms. The lowest BCUT2D eigenvalue weighted by molar-refractivity contribution is 0.102. The van der Waals surface area contributed by atoms with E-state index < -0.39 is 0 Å². The minimum absolute atomic E-state index is 0.289. The maximum atomic E-state index is 12.4. The van der Waals surface area contributed by atoms with E-state index in [1.807, 2.05) is 19.9 Å². The number of aryl methyl sites for hydroxylation is 2. The fourth-order valence-corrected chi connectivity index (χ4v) is 2.12. The fraction of sp³-hybridized carbons (Fsp3) is 0.312. The molecule has 0 saturated heterocycles. The van der Waals surface area contributed by atoms with Gasteiger partial charge in [-0.1, -0.05) is 17.7 Å². The number of aromatic nitrogens is 2. The van der Waals surface area contributed by atoms with E-state index in [0.29, 0.717) is 35.5 Å². The summed E-state index contributed by atoms with van der Waals surface area (Å²) >= 11 is 5.97. The summed E-state index contributed by atoms with van der Waals surface area (Å²) in [6.45, 7) is 4.80. The predicted octanol–water partition coefficient (Wildman–Crippen LogP) is 3.06. The van der Waals surface area contributed by atoms with Crippen molar-refractivity contribution >= 4 is 29.1 Å². The number of nitrogens with zero attached hydrogens (tertiary/aromatic N) is 2. The number of hydrogen-bond acceptors (Lipinski definition) is 5. The summed E-state index contributed by atoms with van der Waals surface area (Å²) in [4.78, 5) is 20.9. The zero-order chi connectivity index (χ0) is 16.8. The molecule has 23 heavy (non-hydrogen) atoms. The molecule has 122 valence electrons. The molecule has 1 aromatic heterocycles. The van der Waals surface area contributed by atoms with Crippen LogP contribution in [0.3, 0.4) is 0 Å². The van der Waals surface area contributed by atoms with Gasteiger partial charge in [0.15, 0.2) is 0 Å². The summed E-state index contributed by atoms with van der Waals surface area (Å²) in [6, 6.07) is 6.97. The Morgan fingerprint density at radius 3 is 2.78 bits per heavy atom. The number of methoxy groups -OCH3 is 1. The standard InChI is InChI=1S/C16H19ClN4O2/c1-10-4-5-12(17)9-13(10)20-15(22)14-8-11(2)19-16(21-14)18-6-7-23-3/h4-5,8-9H,6-7H2,1-3H3,(H,20,22)(H,18,19,21). The average Bonchev–Trinajstić information content (AvgIpc) is 2.50. The highest BCUT2D eigenvalue weighted by atomic mass is 35.5. The second-order valence-electron chi connectivity index (χ2n) is 5.05. The number of halogens is 1. The number of ether oxygens (including phenoxy) is 1. The summed E-state index contributed by atoms with van der Waals surface area (Å²) in [5, 5.41) is 6.40. The molecular formula is C16H19ClN4O2.